The number of rotatable bonds is 2. The lowest BCUT2D eigenvalue weighted by Gasteiger charge is -2.18. The van der Waals surface area contributed by atoms with Crippen molar-refractivity contribution in [2.75, 3.05) is 6.61 Å². The number of aliphatic hydroxyl groups excluding tert-OH is 1. The third-order valence-corrected chi connectivity index (χ3v) is 4.32. The first-order valence-electron chi connectivity index (χ1n) is 6.45. The van der Waals surface area contributed by atoms with Crippen LogP contribution in [-0.2, 0) is 6.42 Å². The van der Waals surface area contributed by atoms with Gasteiger partial charge in [-0.1, -0.05) is 33.6 Å². The highest BCUT2D eigenvalue weighted by atomic mass is 79.9. The summed E-state index contributed by atoms with van der Waals surface area (Å²) in [5, 5.41) is 11.4. The summed E-state index contributed by atoms with van der Waals surface area (Å²) in [6.45, 7) is 2.63. The van der Waals surface area contributed by atoms with Crippen LogP contribution in [0.1, 0.15) is 28.4 Å². The minimum atomic E-state index is -0.738. The standard InChI is InChI=1S/C16H14BrClO2/c1-9-2-3-11(17)7-13(9)15(19)14-8-12(18)6-10-4-5-20-16(10)14/h2-3,6-8,15,19H,4-5H2,1H3. The van der Waals surface area contributed by atoms with Crippen LogP contribution in [0, 0.1) is 6.92 Å². The summed E-state index contributed by atoms with van der Waals surface area (Å²) in [4.78, 5) is 0. The predicted octanol–water partition coefficient (Wildman–Crippen LogP) is 4.43. The summed E-state index contributed by atoms with van der Waals surface area (Å²) in [7, 11) is 0. The van der Waals surface area contributed by atoms with Crippen molar-refractivity contribution in [3.8, 4) is 5.75 Å². The van der Waals surface area contributed by atoms with E-state index in [1.807, 2.05) is 31.2 Å². The number of halogens is 2. The number of aryl methyl sites for hydroxylation is 1. The second kappa shape index (κ2) is 5.40. The van der Waals surface area contributed by atoms with Gasteiger partial charge in [-0.15, -0.1) is 0 Å². The molecule has 0 aromatic heterocycles. The highest BCUT2D eigenvalue weighted by Gasteiger charge is 2.24. The van der Waals surface area contributed by atoms with E-state index >= 15 is 0 Å². The second-order valence-corrected chi connectivity index (χ2v) is 6.34. The Labute approximate surface area is 131 Å². The maximum Gasteiger partial charge on any atom is 0.128 e. The molecule has 0 amide bonds. The van der Waals surface area contributed by atoms with Gasteiger partial charge >= 0.3 is 0 Å². The van der Waals surface area contributed by atoms with E-state index in [0.717, 1.165) is 38.9 Å². The fourth-order valence-corrected chi connectivity index (χ4v) is 3.20. The fourth-order valence-electron chi connectivity index (χ4n) is 2.57. The number of hydrogen-bond donors (Lipinski definition) is 1. The summed E-state index contributed by atoms with van der Waals surface area (Å²) in [5.74, 6) is 0.779. The predicted molar refractivity (Wildman–Crippen MR) is 83.6 cm³/mol. The van der Waals surface area contributed by atoms with Crippen molar-refractivity contribution in [2.45, 2.75) is 19.4 Å². The highest BCUT2D eigenvalue weighted by molar-refractivity contribution is 9.10. The van der Waals surface area contributed by atoms with E-state index in [4.69, 9.17) is 16.3 Å². The third-order valence-electron chi connectivity index (χ3n) is 3.61. The van der Waals surface area contributed by atoms with Gasteiger partial charge < -0.3 is 9.84 Å². The van der Waals surface area contributed by atoms with Crippen molar-refractivity contribution in [3.05, 3.63) is 62.1 Å². The summed E-state index contributed by atoms with van der Waals surface area (Å²) >= 11 is 9.60. The van der Waals surface area contributed by atoms with E-state index in [2.05, 4.69) is 15.9 Å². The van der Waals surface area contributed by atoms with Gasteiger partial charge in [-0.2, -0.15) is 0 Å². The van der Waals surface area contributed by atoms with E-state index in [1.54, 1.807) is 6.07 Å². The molecule has 0 saturated carbocycles. The number of hydrogen-bond acceptors (Lipinski definition) is 2. The summed E-state index contributed by atoms with van der Waals surface area (Å²) in [6.07, 6.45) is 0.102. The molecule has 2 aromatic carbocycles. The Balaban J connectivity index is 2.11. The molecule has 4 heteroatoms. The minimum Gasteiger partial charge on any atom is -0.493 e. The monoisotopic (exact) mass is 352 g/mol. The fraction of sp³-hybridized carbons (Fsp3) is 0.250. The summed E-state index contributed by atoms with van der Waals surface area (Å²) < 4.78 is 6.61. The maximum absolute atomic E-state index is 10.7. The van der Waals surface area contributed by atoms with E-state index in [1.165, 1.54) is 0 Å². The number of ether oxygens (including phenoxy) is 1. The molecule has 1 aliphatic rings. The van der Waals surface area contributed by atoms with Gasteiger partial charge in [-0.25, -0.2) is 0 Å². The molecule has 1 N–H and O–H groups in total. The van der Waals surface area contributed by atoms with Crippen LogP contribution in [-0.4, -0.2) is 11.7 Å². The lowest BCUT2D eigenvalue weighted by molar-refractivity contribution is 0.213. The van der Waals surface area contributed by atoms with Crippen LogP contribution in [0.2, 0.25) is 5.02 Å². The van der Waals surface area contributed by atoms with Gasteiger partial charge in [-0.05, 0) is 47.9 Å². The highest BCUT2D eigenvalue weighted by Crippen LogP contribution is 2.39. The Morgan fingerprint density at radius 2 is 2.05 bits per heavy atom. The first kappa shape index (κ1) is 13.9. The van der Waals surface area contributed by atoms with Crippen molar-refractivity contribution in [1.29, 1.82) is 0 Å². The molecule has 1 atom stereocenters. The third kappa shape index (κ3) is 2.46. The molecule has 3 rings (SSSR count). The first-order valence-corrected chi connectivity index (χ1v) is 7.62. The Kier molecular flexibility index (Phi) is 3.76. The quantitative estimate of drug-likeness (QED) is 0.865. The smallest absolute Gasteiger partial charge is 0.128 e. The molecule has 0 bridgehead atoms. The van der Waals surface area contributed by atoms with E-state index in [9.17, 15) is 5.11 Å². The van der Waals surface area contributed by atoms with Crippen LogP contribution in [0.25, 0.3) is 0 Å². The average Bonchev–Trinajstić information content (AvgIpc) is 2.87. The molecule has 104 valence electrons. The van der Waals surface area contributed by atoms with Gasteiger partial charge in [0.05, 0.1) is 6.61 Å². The van der Waals surface area contributed by atoms with Crippen molar-refractivity contribution in [3.63, 3.8) is 0 Å². The second-order valence-electron chi connectivity index (χ2n) is 4.99. The van der Waals surface area contributed by atoms with Crippen LogP contribution in [0.15, 0.2) is 34.8 Å². The Hall–Kier alpha value is -1.03. The number of aliphatic hydroxyl groups is 1. The van der Waals surface area contributed by atoms with Crippen LogP contribution in [0.3, 0.4) is 0 Å². The molecule has 0 aliphatic carbocycles. The zero-order valence-corrected chi connectivity index (χ0v) is 13.3. The van der Waals surface area contributed by atoms with Crippen LogP contribution < -0.4 is 4.74 Å². The van der Waals surface area contributed by atoms with E-state index in [-0.39, 0.29) is 0 Å². The average molecular weight is 354 g/mol. The van der Waals surface area contributed by atoms with Crippen molar-refractivity contribution >= 4 is 27.5 Å². The van der Waals surface area contributed by atoms with E-state index < -0.39 is 6.10 Å². The molecule has 20 heavy (non-hydrogen) atoms. The molecular formula is C16H14BrClO2. The van der Waals surface area contributed by atoms with Crippen molar-refractivity contribution < 1.29 is 9.84 Å². The Morgan fingerprint density at radius 3 is 2.85 bits per heavy atom. The Bertz CT molecular complexity index is 670. The molecule has 1 heterocycles. The van der Waals surface area contributed by atoms with Gasteiger partial charge in [0, 0.05) is 21.5 Å². The minimum absolute atomic E-state index is 0.635. The first-order chi connectivity index (χ1) is 9.56. The molecule has 1 aliphatic heterocycles. The summed E-state index contributed by atoms with van der Waals surface area (Å²) in [6, 6.07) is 9.57. The normalized spacial score (nSPS) is 14.8. The van der Waals surface area contributed by atoms with Gasteiger partial charge in [0.1, 0.15) is 11.9 Å². The topological polar surface area (TPSA) is 29.5 Å². The maximum atomic E-state index is 10.7. The SMILES string of the molecule is Cc1ccc(Br)cc1C(O)c1cc(Cl)cc2c1OCC2. The molecular weight excluding hydrogens is 340 g/mol. The molecule has 2 nitrogen and oxygen atoms in total. The number of fused-ring (bicyclic) bond motifs is 1. The number of benzene rings is 2. The largest absolute Gasteiger partial charge is 0.493 e. The van der Waals surface area contributed by atoms with Crippen LogP contribution in [0.4, 0.5) is 0 Å². The van der Waals surface area contributed by atoms with E-state index in [0.29, 0.717) is 11.6 Å². The van der Waals surface area contributed by atoms with Gasteiger partial charge in [-0.3, -0.25) is 0 Å². The summed E-state index contributed by atoms with van der Waals surface area (Å²) in [5.41, 5.74) is 3.71. The Morgan fingerprint density at radius 1 is 1.25 bits per heavy atom. The zero-order valence-electron chi connectivity index (χ0n) is 11.0. The van der Waals surface area contributed by atoms with Gasteiger partial charge in [0.25, 0.3) is 0 Å². The van der Waals surface area contributed by atoms with Gasteiger partial charge in [0.15, 0.2) is 0 Å². The molecule has 0 saturated heterocycles. The molecule has 0 fully saturated rings. The van der Waals surface area contributed by atoms with Gasteiger partial charge in [0.2, 0.25) is 0 Å². The molecule has 1 unspecified atom stereocenters. The lowest BCUT2D eigenvalue weighted by Crippen LogP contribution is -2.04. The van der Waals surface area contributed by atoms with Crippen LogP contribution in [0.5, 0.6) is 5.75 Å². The molecule has 0 radical (unpaired) electrons. The van der Waals surface area contributed by atoms with Crippen molar-refractivity contribution in [1.82, 2.24) is 0 Å². The molecule has 0 spiro atoms. The lowest BCUT2D eigenvalue weighted by atomic mass is 9.95. The van der Waals surface area contributed by atoms with Crippen LogP contribution >= 0.6 is 27.5 Å². The molecule has 2 aromatic rings. The zero-order chi connectivity index (χ0) is 14.3. The van der Waals surface area contributed by atoms with Crippen molar-refractivity contribution in [2.24, 2.45) is 0 Å².